The molecule has 0 bridgehead atoms. The first-order chi connectivity index (χ1) is 26.0. The van der Waals surface area contributed by atoms with Crippen molar-refractivity contribution in [1.29, 1.82) is 0 Å². The molecule has 0 spiro atoms. The third-order valence-electron chi connectivity index (χ3n) is 10.9. The molecule has 1 aliphatic heterocycles. The highest BCUT2D eigenvalue weighted by Crippen LogP contribution is 2.44. The smallest absolute Gasteiger partial charge is 0.165 e. The van der Waals surface area contributed by atoms with Crippen molar-refractivity contribution in [2.45, 2.75) is 13.1 Å². The molecule has 7 aromatic carbocycles. The molecule has 250 valence electrons. The fourth-order valence-electron chi connectivity index (χ4n) is 8.37. The van der Waals surface area contributed by atoms with Gasteiger partial charge in [-0.05, 0) is 57.4 Å². The molecule has 0 saturated heterocycles. The van der Waals surface area contributed by atoms with Crippen molar-refractivity contribution in [1.82, 2.24) is 15.0 Å². The fraction of sp³-hybridized carbons (Fsp3) is 0.0426. The van der Waals surface area contributed by atoms with E-state index in [2.05, 4.69) is 153 Å². The zero-order chi connectivity index (χ0) is 35.3. The summed E-state index contributed by atoms with van der Waals surface area (Å²) in [4.78, 5) is 16.1. The summed E-state index contributed by atoms with van der Waals surface area (Å²) >= 11 is 1.79. The minimum Gasteiger partial charge on any atom is -0.455 e. The molecule has 0 aliphatic carbocycles. The Morgan fingerprint density at radius 3 is 2.02 bits per heavy atom. The summed E-state index contributed by atoms with van der Waals surface area (Å²) in [5, 5.41) is 7.34. The zero-order valence-electron chi connectivity index (χ0n) is 29.1. The van der Waals surface area contributed by atoms with Crippen LogP contribution in [0.15, 0.2) is 156 Å². The van der Waals surface area contributed by atoms with Crippen LogP contribution in [0.5, 0.6) is 0 Å². The first kappa shape index (κ1) is 30.4. The molecule has 0 atom stereocenters. The summed E-state index contributed by atoms with van der Waals surface area (Å²) in [5.41, 5.74) is 9.45. The Labute approximate surface area is 311 Å². The fourth-order valence-corrected chi connectivity index (χ4v) is 12.6. The minimum atomic E-state index is -2.10. The van der Waals surface area contributed by atoms with Gasteiger partial charge in [0.25, 0.3) is 0 Å². The van der Waals surface area contributed by atoms with Crippen LogP contribution < -0.4 is 10.4 Å². The van der Waals surface area contributed by atoms with Crippen molar-refractivity contribution in [3.63, 3.8) is 0 Å². The predicted molar refractivity (Wildman–Crippen MR) is 224 cm³/mol. The first-order valence-corrected chi connectivity index (χ1v) is 21.8. The van der Waals surface area contributed by atoms with Gasteiger partial charge >= 0.3 is 0 Å². The highest BCUT2D eigenvalue weighted by atomic mass is 32.1. The number of hydrogen-bond donors (Lipinski definition) is 0. The topological polar surface area (TPSA) is 51.8 Å². The van der Waals surface area contributed by atoms with Crippen molar-refractivity contribution in [3.8, 4) is 56.4 Å². The molecule has 53 heavy (non-hydrogen) atoms. The van der Waals surface area contributed by atoms with Gasteiger partial charge in [0, 0.05) is 53.2 Å². The third-order valence-corrected chi connectivity index (χ3v) is 15.7. The van der Waals surface area contributed by atoms with E-state index in [4.69, 9.17) is 19.4 Å². The average Bonchev–Trinajstić information content (AvgIpc) is 3.86. The SMILES string of the molecule is C[Si]1(C)c2ccccc2-c2c1cc(-c1nc(-c3cccc(-c4ccccc4)c3)nc(-c3cccc4c3sc3ccccc34)n1)c1c2oc2ccccc21. The van der Waals surface area contributed by atoms with Gasteiger partial charge in [0.1, 0.15) is 19.2 Å². The summed E-state index contributed by atoms with van der Waals surface area (Å²) in [7, 11) is -2.10. The molecule has 10 aromatic rings. The Hall–Kier alpha value is -6.21. The maximum atomic E-state index is 6.85. The van der Waals surface area contributed by atoms with Gasteiger partial charge in [0.05, 0.1) is 0 Å². The van der Waals surface area contributed by atoms with Gasteiger partial charge in [-0.3, -0.25) is 0 Å². The lowest BCUT2D eigenvalue weighted by Gasteiger charge is -2.19. The predicted octanol–water partition coefficient (Wildman–Crippen LogP) is 11.6. The van der Waals surface area contributed by atoms with E-state index in [1.165, 1.54) is 41.7 Å². The minimum absolute atomic E-state index is 0.641. The van der Waals surface area contributed by atoms with Gasteiger partial charge < -0.3 is 4.42 Å². The van der Waals surface area contributed by atoms with Crippen LogP contribution in [0.25, 0.3) is 98.5 Å². The van der Waals surface area contributed by atoms with Crippen LogP contribution in [0, 0.1) is 0 Å². The van der Waals surface area contributed by atoms with E-state index in [0.29, 0.717) is 17.5 Å². The molecule has 4 nitrogen and oxygen atoms in total. The van der Waals surface area contributed by atoms with Crippen molar-refractivity contribution >= 4 is 71.9 Å². The Morgan fingerprint density at radius 2 is 1.13 bits per heavy atom. The van der Waals surface area contributed by atoms with Crippen LogP contribution in [0.2, 0.25) is 13.1 Å². The summed E-state index contributed by atoms with van der Waals surface area (Å²) in [6, 6.07) is 53.7. The Bertz CT molecular complexity index is 3110. The number of benzene rings is 7. The highest BCUT2D eigenvalue weighted by molar-refractivity contribution is 7.26. The van der Waals surface area contributed by atoms with E-state index in [1.807, 2.05) is 12.1 Å². The van der Waals surface area contributed by atoms with Crippen LogP contribution >= 0.6 is 11.3 Å². The number of nitrogens with zero attached hydrogens (tertiary/aromatic N) is 3. The molecule has 11 rings (SSSR count). The van der Waals surface area contributed by atoms with E-state index in [1.54, 1.807) is 11.3 Å². The molecule has 0 fully saturated rings. The zero-order valence-corrected chi connectivity index (χ0v) is 30.9. The lowest BCUT2D eigenvalue weighted by atomic mass is 9.98. The molecule has 6 heteroatoms. The second-order valence-electron chi connectivity index (χ2n) is 14.4. The largest absolute Gasteiger partial charge is 0.455 e. The van der Waals surface area contributed by atoms with E-state index < -0.39 is 8.07 Å². The number of aromatic nitrogens is 3. The molecule has 0 N–H and O–H groups in total. The summed E-state index contributed by atoms with van der Waals surface area (Å²) < 4.78 is 9.27. The molecule has 0 saturated carbocycles. The summed E-state index contributed by atoms with van der Waals surface area (Å²) in [6.07, 6.45) is 0. The number of furan rings is 1. The number of hydrogen-bond acceptors (Lipinski definition) is 5. The lowest BCUT2D eigenvalue weighted by Crippen LogP contribution is -2.49. The monoisotopic (exact) mass is 713 g/mol. The number of thiophene rings is 1. The van der Waals surface area contributed by atoms with E-state index in [-0.39, 0.29) is 0 Å². The average molecular weight is 714 g/mol. The molecule has 3 aromatic heterocycles. The van der Waals surface area contributed by atoms with Crippen molar-refractivity contribution < 1.29 is 4.42 Å². The van der Waals surface area contributed by atoms with Gasteiger partial charge in [0.2, 0.25) is 0 Å². The summed E-state index contributed by atoms with van der Waals surface area (Å²) in [6.45, 7) is 4.88. The van der Waals surface area contributed by atoms with Crippen molar-refractivity contribution in [2.75, 3.05) is 0 Å². The van der Waals surface area contributed by atoms with Crippen molar-refractivity contribution in [2.24, 2.45) is 0 Å². The lowest BCUT2D eigenvalue weighted by molar-refractivity contribution is 0.670. The number of fused-ring (bicyclic) bond motifs is 10. The van der Waals surface area contributed by atoms with Gasteiger partial charge in [-0.25, -0.2) is 15.0 Å². The third kappa shape index (κ3) is 4.56. The highest BCUT2D eigenvalue weighted by Gasteiger charge is 2.40. The Kier molecular flexibility index (Phi) is 6.54. The van der Waals surface area contributed by atoms with Crippen LogP contribution in [0.1, 0.15) is 0 Å². The molecular formula is C47H31N3OSSi. The quantitative estimate of drug-likeness (QED) is 0.170. The standard InChI is InChI=1S/C47H31N3OSSi/c1-53(2)39-25-11-8-20-34(39)42-40(53)27-36(41-33-19-6-9-23-37(33)51-43(41)42)47-49-45(30-17-12-16-29(26-30)28-14-4-3-5-15-28)48-46(50-47)35-22-13-21-32-31-18-7-10-24-38(31)52-44(32)35/h3-27H,1-2H3. The number of para-hydroxylation sites is 1. The van der Waals surface area contributed by atoms with E-state index in [0.717, 1.165) is 49.8 Å². The maximum Gasteiger partial charge on any atom is 0.165 e. The normalized spacial score (nSPS) is 13.2. The van der Waals surface area contributed by atoms with Crippen LogP contribution in [0.3, 0.4) is 0 Å². The van der Waals surface area contributed by atoms with Crippen LogP contribution in [-0.2, 0) is 0 Å². The molecule has 0 radical (unpaired) electrons. The van der Waals surface area contributed by atoms with Crippen LogP contribution in [-0.4, -0.2) is 23.0 Å². The van der Waals surface area contributed by atoms with Gasteiger partial charge in [-0.15, -0.1) is 11.3 Å². The number of rotatable bonds is 4. The van der Waals surface area contributed by atoms with Gasteiger partial charge in [0.15, 0.2) is 17.5 Å². The molecule has 0 unspecified atom stereocenters. The molecule has 0 amide bonds. The van der Waals surface area contributed by atoms with E-state index >= 15 is 0 Å². The van der Waals surface area contributed by atoms with E-state index in [9.17, 15) is 0 Å². The molecule has 1 aliphatic rings. The second-order valence-corrected chi connectivity index (χ2v) is 19.7. The summed E-state index contributed by atoms with van der Waals surface area (Å²) in [5.74, 6) is 1.95. The van der Waals surface area contributed by atoms with Crippen molar-refractivity contribution in [3.05, 3.63) is 152 Å². The second kappa shape index (κ2) is 11.4. The maximum absolute atomic E-state index is 6.85. The molecular weight excluding hydrogens is 683 g/mol. The first-order valence-electron chi connectivity index (χ1n) is 17.9. The molecule has 4 heterocycles. The van der Waals surface area contributed by atoms with Gasteiger partial charge in [-0.1, -0.05) is 134 Å². The van der Waals surface area contributed by atoms with Crippen LogP contribution in [0.4, 0.5) is 0 Å². The van der Waals surface area contributed by atoms with Gasteiger partial charge in [-0.2, -0.15) is 0 Å². The Balaban J connectivity index is 1.23. The Morgan fingerprint density at radius 1 is 0.491 bits per heavy atom.